The summed E-state index contributed by atoms with van der Waals surface area (Å²) in [6, 6.07) is 2.15. The molecule has 0 saturated heterocycles. The number of sulfone groups is 1. The van der Waals surface area contributed by atoms with Gasteiger partial charge in [-0.2, -0.15) is 0 Å². The Balaban J connectivity index is 1.62. The van der Waals surface area contributed by atoms with Crippen molar-refractivity contribution in [1.82, 2.24) is 0 Å². The maximum Gasteiger partial charge on any atom is 0.255 e. The number of carbonyl (C=O) groups is 1. The van der Waals surface area contributed by atoms with Crippen LogP contribution in [0.15, 0.2) is 45.2 Å². The zero-order valence-corrected chi connectivity index (χ0v) is 17.7. The second-order valence-corrected chi connectivity index (χ2v) is 10.3. The lowest BCUT2D eigenvalue weighted by Crippen LogP contribution is -2.25. The zero-order valence-electron chi connectivity index (χ0n) is 16.1. The van der Waals surface area contributed by atoms with Crippen molar-refractivity contribution in [2.45, 2.75) is 44.1 Å². The molecule has 0 fully saturated rings. The molecule has 4 rings (SSSR count). The minimum Gasteiger partial charge on any atom is -0.392 e. The van der Waals surface area contributed by atoms with Crippen molar-refractivity contribution >= 4 is 33.0 Å². The number of aryl methyl sites for hydroxylation is 1. The van der Waals surface area contributed by atoms with E-state index in [0.717, 1.165) is 11.6 Å². The van der Waals surface area contributed by atoms with Crippen molar-refractivity contribution in [2.75, 3.05) is 5.32 Å². The van der Waals surface area contributed by atoms with E-state index in [4.69, 9.17) is 11.6 Å². The Morgan fingerprint density at radius 2 is 2.03 bits per heavy atom. The summed E-state index contributed by atoms with van der Waals surface area (Å²) in [4.78, 5) is 12.8. The molecule has 1 amide bonds. The van der Waals surface area contributed by atoms with Gasteiger partial charge in [-0.25, -0.2) is 17.2 Å². The highest BCUT2D eigenvalue weighted by Gasteiger charge is 2.46. The van der Waals surface area contributed by atoms with E-state index in [9.17, 15) is 27.1 Å². The van der Waals surface area contributed by atoms with Gasteiger partial charge in [0.2, 0.25) is 9.84 Å². The molecule has 2 N–H and O–H groups in total. The molecule has 3 aliphatic carbocycles. The van der Waals surface area contributed by atoms with E-state index < -0.39 is 44.8 Å². The first-order valence-electron chi connectivity index (χ1n) is 9.57. The molecule has 3 atom stereocenters. The lowest BCUT2D eigenvalue weighted by molar-refractivity contribution is -0.112. The number of nitrogens with one attached hydrogen (secondary N) is 1. The fourth-order valence-corrected chi connectivity index (χ4v) is 7.09. The van der Waals surface area contributed by atoms with E-state index in [1.165, 1.54) is 25.1 Å². The van der Waals surface area contributed by atoms with E-state index in [2.05, 4.69) is 5.32 Å². The minimum atomic E-state index is -3.92. The summed E-state index contributed by atoms with van der Waals surface area (Å²) in [5, 5.41) is 11.7. The number of aliphatic hydroxyl groups excluding tert-OH is 1. The maximum absolute atomic E-state index is 13.6. The average Bonchev–Trinajstić information content (AvgIpc) is 3.24. The lowest BCUT2D eigenvalue weighted by atomic mass is 9.96. The smallest absolute Gasteiger partial charge is 0.255 e. The van der Waals surface area contributed by atoms with Crippen molar-refractivity contribution in [1.29, 1.82) is 0 Å². The van der Waals surface area contributed by atoms with E-state index in [-0.39, 0.29) is 33.1 Å². The first-order valence-corrected chi connectivity index (χ1v) is 11.5. The van der Waals surface area contributed by atoms with E-state index in [0.29, 0.717) is 19.3 Å². The standard InChI is InChI=1S/C21H20ClF2NO4S/c1-10-6-13(9-16(23)19(10)24)25-21(27)12-3-5-15(22)18(8-12)30(28,29)20-11-2-4-14(20)17(26)7-11/h3,6,8-9,14-15,17,26H,2,4-5,7H2,1H3,(H,25,27)/t14?,15?,17-/m0/s1. The quantitative estimate of drug-likeness (QED) is 0.675. The molecule has 160 valence electrons. The van der Waals surface area contributed by atoms with Crippen LogP contribution >= 0.6 is 11.6 Å². The van der Waals surface area contributed by atoms with Gasteiger partial charge in [0.1, 0.15) is 0 Å². The Morgan fingerprint density at radius 1 is 1.30 bits per heavy atom. The van der Waals surface area contributed by atoms with Gasteiger partial charge < -0.3 is 10.4 Å². The van der Waals surface area contributed by atoms with Gasteiger partial charge in [0.25, 0.3) is 5.91 Å². The normalized spacial score (nSPS) is 26.0. The van der Waals surface area contributed by atoms with Gasteiger partial charge in [0, 0.05) is 23.2 Å². The first-order chi connectivity index (χ1) is 14.1. The maximum atomic E-state index is 13.6. The van der Waals surface area contributed by atoms with Crippen LogP contribution in [0.2, 0.25) is 0 Å². The number of allylic oxidation sites excluding steroid dienone is 2. The summed E-state index contributed by atoms with van der Waals surface area (Å²) < 4.78 is 53.6. The number of fused-ring (bicyclic) bond motifs is 1. The first kappa shape index (κ1) is 21.2. The molecular weight excluding hydrogens is 436 g/mol. The van der Waals surface area contributed by atoms with E-state index in [1.807, 2.05) is 0 Å². The van der Waals surface area contributed by atoms with Crippen LogP contribution in [0.5, 0.6) is 0 Å². The number of benzene rings is 1. The summed E-state index contributed by atoms with van der Waals surface area (Å²) in [6.45, 7) is 1.37. The molecular formula is C21H20ClF2NO4S. The van der Waals surface area contributed by atoms with Gasteiger partial charge in [0.05, 0.1) is 21.3 Å². The average molecular weight is 456 g/mol. The molecule has 0 aromatic heterocycles. The van der Waals surface area contributed by atoms with Crippen LogP contribution in [-0.4, -0.2) is 30.9 Å². The largest absolute Gasteiger partial charge is 0.392 e. The van der Waals surface area contributed by atoms with Gasteiger partial charge in [-0.3, -0.25) is 4.79 Å². The van der Waals surface area contributed by atoms with Gasteiger partial charge >= 0.3 is 0 Å². The molecule has 2 bridgehead atoms. The zero-order chi connectivity index (χ0) is 21.8. The number of halogens is 3. The van der Waals surface area contributed by atoms with Crippen molar-refractivity contribution < 1.29 is 27.1 Å². The van der Waals surface area contributed by atoms with E-state index >= 15 is 0 Å². The minimum absolute atomic E-state index is 0.0336. The third-order valence-corrected chi connectivity index (χ3v) is 8.58. The summed E-state index contributed by atoms with van der Waals surface area (Å²) >= 11 is 6.29. The number of hydrogen-bond donors (Lipinski definition) is 2. The Morgan fingerprint density at radius 3 is 2.63 bits per heavy atom. The van der Waals surface area contributed by atoms with Crippen LogP contribution < -0.4 is 5.32 Å². The molecule has 1 aromatic carbocycles. The van der Waals surface area contributed by atoms with Crippen molar-refractivity contribution in [3.63, 3.8) is 0 Å². The van der Waals surface area contributed by atoms with Crippen LogP contribution in [0.1, 0.15) is 31.2 Å². The van der Waals surface area contributed by atoms with Crippen LogP contribution in [0.4, 0.5) is 14.5 Å². The summed E-state index contributed by atoms with van der Waals surface area (Å²) in [5.74, 6) is -3.16. The van der Waals surface area contributed by atoms with Gasteiger partial charge in [0.15, 0.2) is 11.6 Å². The fraction of sp³-hybridized carbons (Fsp3) is 0.381. The Bertz CT molecular complexity index is 1120. The second-order valence-electron chi connectivity index (χ2n) is 7.84. The highest BCUT2D eigenvalue weighted by atomic mass is 35.5. The molecule has 1 aromatic rings. The molecule has 30 heavy (non-hydrogen) atoms. The third kappa shape index (κ3) is 3.50. The second kappa shape index (κ2) is 7.59. The molecule has 9 heteroatoms. The summed E-state index contributed by atoms with van der Waals surface area (Å²) in [5.41, 5.74) is 0.899. The summed E-state index contributed by atoms with van der Waals surface area (Å²) in [7, 11) is -3.92. The van der Waals surface area contributed by atoms with Gasteiger partial charge in [-0.15, -0.1) is 11.6 Å². The Labute approximate surface area is 178 Å². The van der Waals surface area contributed by atoms with Crippen molar-refractivity contribution in [3.8, 4) is 0 Å². The molecule has 0 radical (unpaired) electrons. The van der Waals surface area contributed by atoms with Crippen molar-refractivity contribution in [2.24, 2.45) is 5.92 Å². The topological polar surface area (TPSA) is 83.5 Å². The number of aliphatic hydroxyl groups is 1. The van der Waals surface area contributed by atoms with Crippen LogP contribution in [0.3, 0.4) is 0 Å². The molecule has 0 aliphatic heterocycles. The predicted octanol–water partition coefficient (Wildman–Crippen LogP) is 3.88. The van der Waals surface area contributed by atoms with Crippen LogP contribution in [0.25, 0.3) is 0 Å². The molecule has 5 nitrogen and oxygen atoms in total. The SMILES string of the molecule is Cc1cc(NC(=O)C2=CCC(Cl)C(S(=O)(=O)C3=C4CCC3[C@@H](O)C4)=C2)cc(F)c1F. The van der Waals surface area contributed by atoms with Crippen LogP contribution in [0, 0.1) is 24.5 Å². The molecule has 0 heterocycles. The highest BCUT2D eigenvalue weighted by molar-refractivity contribution is 7.99. The Hall–Kier alpha value is -2.03. The lowest BCUT2D eigenvalue weighted by Gasteiger charge is -2.22. The number of alkyl halides is 1. The predicted molar refractivity (Wildman–Crippen MR) is 109 cm³/mol. The highest BCUT2D eigenvalue weighted by Crippen LogP contribution is 2.49. The Kier molecular flexibility index (Phi) is 5.36. The number of amides is 1. The third-order valence-electron chi connectivity index (χ3n) is 5.84. The number of carbonyl (C=O) groups excluding carboxylic acids is 1. The van der Waals surface area contributed by atoms with Crippen LogP contribution in [-0.2, 0) is 14.6 Å². The van der Waals surface area contributed by atoms with Gasteiger partial charge in [-0.1, -0.05) is 11.6 Å². The van der Waals surface area contributed by atoms with Gasteiger partial charge in [-0.05, 0) is 50.3 Å². The number of anilines is 1. The number of rotatable bonds is 4. The van der Waals surface area contributed by atoms with Crippen molar-refractivity contribution in [3.05, 3.63) is 62.4 Å². The fourth-order valence-electron chi connectivity index (χ4n) is 4.38. The summed E-state index contributed by atoms with van der Waals surface area (Å²) in [6.07, 6.45) is 3.73. The molecule has 0 spiro atoms. The van der Waals surface area contributed by atoms with E-state index in [1.54, 1.807) is 0 Å². The molecule has 0 saturated carbocycles. The molecule has 2 unspecified atom stereocenters. The molecule has 3 aliphatic rings. The number of hydrogen-bond acceptors (Lipinski definition) is 4. The monoisotopic (exact) mass is 455 g/mol.